The normalized spacial score (nSPS) is 15.1. The molecule has 29 heavy (non-hydrogen) atoms. The minimum atomic E-state index is -3.72. The molecule has 0 radical (unpaired) electrons. The van der Waals surface area contributed by atoms with Gasteiger partial charge in [-0.15, -0.1) is 0 Å². The molecule has 2 aromatic rings. The number of ketones is 1. The van der Waals surface area contributed by atoms with E-state index in [0.29, 0.717) is 18.7 Å². The average molecular weight is 501 g/mol. The molecule has 0 unspecified atom stereocenters. The van der Waals surface area contributed by atoms with Crippen molar-refractivity contribution in [3.8, 4) is 0 Å². The first-order valence-corrected chi connectivity index (χ1v) is 11.7. The Bertz CT molecular complexity index is 1030. The Kier molecular flexibility index (Phi) is 7.10. The molecule has 6 nitrogen and oxygen atoms in total. The lowest BCUT2D eigenvalue weighted by Gasteiger charge is -2.26. The van der Waals surface area contributed by atoms with Crippen molar-refractivity contribution in [2.75, 3.05) is 19.7 Å². The van der Waals surface area contributed by atoms with Crippen LogP contribution in [0.5, 0.6) is 0 Å². The van der Waals surface area contributed by atoms with E-state index < -0.39 is 22.6 Å². The third-order valence-corrected chi connectivity index (χ3v) is 7.31. The highest BCUT2D eigenvalue weighted by molar-refractivity contribution is 9.10. The highest BCUT2D eigenvalue weighted by Gasteiger charge is 2.27. The second-order valence-electron chi connectivity index (χ2n) is 6.62. The van der Waals surface area contributed by atoms with Crippen molar-refractivity contribution in [3.05, 3.63) is 63.1 Å². The number of Topliss-reactive ketones (excluding diaryl/α,β-unsaturated/α-hetero) is 1. The van der Waals surface area contributed by atoms with Crippen LogP contribution < -0.4 is 0 Å². The van der Waals surface area contributed by atoms with Gasteiger partial charge >= 0.3 is 5.97 Å². The van der Waals surface area contributed by atoms with Crippen molar-refractivity contribution in [2.24, 2.45) is 0 Å². The molecular weight excluding hydrogens is 482 g/mol. The third kappa shape index (κ3) is 5.25. The quantitative estimate of drug-likeness (QED) is 0.436. The average Bonchev–Trinajstić information content (AvgIpc) is 2.72. The molecule has 0 atom stereocenters. The van der Waals surface area contributed by atoms with E-state index in [1.807, 2.05) is 0 Å². The molecule has 1 aliphatic rings. The van der Waals surface area contributed by atoms with Gasteiger partial charge in [0.05, 0.1) is 15.5 Å². The molecule has 1 aliphatic heterocycles. The summed E-state index contributed by atoms with van der Waals surface area (Å²) in [7, 11) is -3.72. The van der Waals surface area contributed by atoms with Gasteiger partial charge in [0, 0.05) is 23.1 Å². The van der Waals surface area contributed by atoms with E-state index in [4.69, 9.17) is 16.3 Å². The molecule has 2 aromatic carbocycles. The molecule has 9 heteroatoms. The number of benzene rings is 2. The molecule has 1 heterocycles. The van der Waals surface area contributed by atoms with E-state index in [-0.39, 0.29) is 21.3 Å². The van der Waals surface area contributed by atoms with Crippen molar-refractivity contribution < 1.29 is 22.7 Å². The number of halogens is 2. The number of nitrogens with zero attached hydrogens (tertiary/aromatic N) is 1. The van der Waals surface area contributed by atoms with E-state index in [1.165, 1.54) is 22.5 Å². The van der Waals surface area contributed by atoms with E-state index >= 15 is 0 Å². The second kappa shape index (κ2) is 9.38. The van der Waals surface area contributed by atoms with Crippen LogP contribution in [0.2, 0.25) is 5.02 Å². The van der Waals surface area contributed by atoms with Crippen LogP contribution in [0.25, 0.3) is 0 Å². The number of hydrogen-bond donors (Lipinski definition) is 0. The summed E-state index contributed by atoms with van der Waals surface area (Å²) < 4.78 is 32.9. The molecule has 3 rings (SSSR count). The topological polar surface area (TPSA) is 80.8 Å². The van der Waals surface area contributed by atoms with Gasteiger partial charge in [-0.3, -0.25) is 4.79 Å². The van der Waals surface area contributed by atoms with Gasteiger partial charge in [0.2, 0.25) is 10.0 Å². The van der Waals surface area contributed by atoms with Crippen LogP contribution >= 0.6 is 27.5 Å². The Morgan fingerprint density at radius 1 is 1.07 bits per heavy atom. The molecule has 154 valence electrons. The Morgan fingerprint density at radius 3 is 2.48 bits per heavy atom. The first kappa shape index (κ1) is 22.0. The van der Waals surface area contributed by atoms with Crippen molar-refractivity contribution in [1.29, 1.82) is 0 Å². The maximum Gasteiger partial charge on any atom is 0.340 e. The summed E-state index contributed by atoms with van der Waals surface area (Å²) in [5.41, 5.74) is 0.298. The smallest absolute Gasteiger partial charge is 0.340 e. The Balaban J connectivity index is 1.75. The van der Waals surface area contributed by atoms with Crippen LogP contribution in [0.3, 0.4) is 0 Å². The minimum absolute atomic E-state index is 0.0194. The van der Waals surface area contributed by atoms with Crippen LogP contribution in [0.4, 0.5) is 0 Å². The fourth-order valence-corrected chi connectivity index (χ4v) is 5.17. The lowest BCUT2D eigenvalue weighted by molar-refractivity contribution is 0.0474. The molecule has 0 amide bonds. The standard InChI is InChI=1S/C20H19BrClNO5S/c21-15-6-4-5-14(11-15)19(24)13-28-20(25)17-12-16(7-8-18(17)22)29(26,27)23-9-2-1-3-10-23/h4-8,11-12H,1-3,9-10,13H2. The lowest BCUT2D eigenvalue weighted by Crippen LogP contribution is -2.35. The molecule has 0 N–H and O–H groups in total. The molecular formula is C20H19BrClNO5S. The summed E-state index contributed by atoms with van der Waals surface area (Å²) in [5, 5.41) is 0.0579. The number of hydrogen-bond acceptors (Lipinski definition) is 5. The van der Waals surface area contributed by atoms with Crippen LogP contribution in [0, 0.1) is 0 Å². The van der Waals surface area contributed by atoms with Gasteiger partial charge in [-0.25, -0.2) is 13.2 Å². The summed E-state index contributed by atoms with van der Waals surface area (Å²) in [6, 6.07) is 10.6. The van der Waals surface area contributed by atoms with Gasteiger partial charge in [-0.05, 0) is 43.2 Å². The molecule has 0 aromatic heterocycles. The van der Waals surface area contributed by atoms with Gasteiger partial charge in [0.15, 0.2) is 12.4 Å². The zero-order chi connectivity index (χ0) is 21.0. The lowest BCUT2D eigenvalue weighted by atomic mass is 10.1. The molecule has 0 spiro atoms. The Labute approximate surface area is 183 Å². The molecule has 0 aliphatic carbocycles. The Morgan fingerprint density at radius 2 is 1.79 bits per heavy atom. The van der Waals surface area contributed by atoms with Crippen molar-refractivity contribution >= 4 is 49.3 Å². The summed E-state index contributed by atoms with van der Waals surface area (Å²) in [6.45, 7) is 0.423. The third-order valence-electron chi connectivity index (χ3n) is 4.59. The number of esters is 1. The van der Waals surface area contributed by atoms with Crippen molar-refractivity contribution in [3.63, 3.8) is 0 Å². The summed E-state index contributed by atoms with van der Waals surface area (Å²) in [4.78, 5) is 24.6. The minimum Gasteiger partial charge on any atom is -0.454 e. The molecule has 1 saturated heterocycles. The van der Waals surface area contributed by atoms with Gasteiger partial charge in [-0.2, -0.15) is 4.31 Å². The van der Waals surface area contributed by atoms with Crippen molar-refractivity contribution in [1.82, 2.24) is 4.31 Å². The van der Waals surface area contributed by atoms with Gasteiger partial charge < -0.3 is 4.74 Å². The van der Waals surface area contributed by atoms with Gasteiger partial charge in [-0.1, -0.05) is 46.1 Å². The molecule has 0 saturated carbocycles. The van der Waals surface area contributed by atoms with Crippen molar-refractivity contribution in [2.45, 2.75) is 24.2 Å². The molecule has 1 fully saturated rings. The van der Waals surface area contributed by atoms with E-state index in [1.54, 1.807) is 24.3 Å². The fourth-order valence-electron chi connectivity index (χ4n) is 3.03. The summed E-state index contributed by atoms with van der Waals surface area (Å²) in [5.74, 6) is -1.23. The van der Waals surface area contributed by atoms with Crippen LogP contribution in [0.1, 0.15) is 40.0 Å². The second-order valence-corrected chi connectivity index (χ2v) is 9.88. The predicted octanol–water partition coefficient (Wildman–Crippen LogP) is 4.32. The maximum atomic E-state index is 12.8. The summed E-state index contributed by atoms with van der Waals surface area (Å²) >= 11 is 9.36. The monoisotopic (exact) mass is 499 g/mol. The number of carbonyl (C=O) groups is 2. The number of carbonyl (C=O) groups excluding carboxylic acids is 2. The first-order chi connectivity index (χ1) is 13.8. The highest BCUT2D eigenvalue weighted by atomic mass is 79.9. The number of ether oxygens (including phenoxy) is 1. The number of piperidine rings is 1. The maximum absolute atomic E-state index is 12.8. The highest BCUT2D eigenvalue weighted by Crippen LogP contribution is 2.25. The van der Waals surface area contributed by atoms with E-state index in [9.17, 15) is 18.0 Å². The van der Waals surface area contributed by atoms with Gasteiger partial charge in [0.25, 0.3) is 0 Å². The fraction of sp³-hybridized carbons (Fsp3) is 0.300. The van der Waals surface area contributed by atoms with Gasteiger partial charge in [0.1, 0.15) is 0 Å². The SMILES string of the molecule is O=C(COC(=O)c1cc(S(=O)(=O)N2CCCCC2)ccc1Cl)c1cccc(Br)c1. The van der Waals surface area contributed by atoms with E-state index in [2.05, 4.69) is 15.9 Å². The van der Waals surface area contributed by atoms with Crippen LogP contribution in [-0.2, 0) is 14.8 Å². The van der Waals surface area contributed by atoms with Crippen LogP contribution in [-0.4, -0.2) is 44.2 Å². The zero-order valence-electron chi connectivity index (χ0n) is 15.4. The largest absolute Gasteiger partial charge is 0.454 e. The van der Waals surface area contributed by atoms with E-state index in [0.717, 1.165) is 23.7 Å². The van der Waals surface area contributed by atoms with Crippen LogP contribution in [0.15, 0.2) is 51.8 Å². The predicted molar refractivity (Wildman–Crippen MR) is 113 cm³/mol. The summed E-state index contributed by atoms with van der Waals surface area (Å²) in [6.07, 6.45) is 2.61. The zero-order valence-corrected chi connectivity index (χ0v) is 18.6. The molecule has 0 bridgehead atoms. The number of sulfonamides is 1. The first-order valence-electron chi connectivity index (χ1n) is 9.04. The Hall–Kier alpha value is -1.74. The number of rotatable bonds is 6.